The number of nitrogens with one attached hydrogen (secondary N) is 1. The van der Waals surface area contributed by atoms with E-state index in [1.807, 2.05) is 0 Å². The van der Waals surface area contributed by atoms with Gasteiger partial charge in [-0.2, -0.15) is 0 Å². The van der Waals surface area contributed by atoms with Crippen molar-refractivity contribution < 1.29 is 4.39 Å². The van der Waals surface area contributed by atoms with Gasteiger partial charge < -0.3 is 5.32 Å². The molecule has 1 saturated carbocycles. The molecular weight excluding hydrogens is 177 g/mol. The van der Waals surface area contributed by atoms with Gasteiger partial charge in [0.25, 0.3) is 0 Å². The Morgan fingerprint density at radius 1 is 1.25 bits per heavy atom. The molecule has 1 fully saturated rings. The van der Waals surface area contributed by atoms with Crippen molar-refractivity contribution in [1.82, 2.24) is 5.32 Å². The third kappa shape index (κ3) is 3.72. The summed E-state index contributed by atoms with van der Waals surface area (Å²) in [6.07, 6.45) is 4.66. The minimum absolute atomic E-state index is 0.259. The Kier molecular flexibility index (Phi) is 4.93. The Hall–Kier alpha value is 0.180. The summed E-state index contributed by atoms with van der Waals surface area (Å²) >= 11 is 5.96. The van der Waals surface area contributed by atoms with Crippen LogP contribution in [-0.2, 0) is 0 Å². The molecule has 3 heteroatoms. The van der Waals surface area contributed by atoms with Gasteiger partial charge in [-0.15, -0.1) is 11.6 Å². The zero-order valence-electron chi connectivity index (χ0n) is 7.36. The third-order valence-electron chi connectivity index (χ3n) is 2.48. The van der Waals surface area contributed by atoms with Crippen LogP contribution < -0.4 is 5.32 Å². The summed E-state index contributed by atoms with van der Waals surface area (Å²) in [7, 11) is 0. The first kappa shape index (κ1) is 10.3. The molecule has 0 heterocycles. The second kappa shape index (κ2) is 5.76. The van der Waals surface area contributed by atoms with E-state index in [1.54, 1.807) is 0 Å². The van der Waals surface area contributed by atoms with Gasteiger partial charge in [-0.05, 0) is 38.1 Å². The van der Waals surface area contributed by atoms with Crippen LogP contribution in [0.1, 0.15) is 25.7 Å². The molecule has 72 valence electrons. The number of halogens is 2. The summed E-state index contributed by atoms with van der Waals surface area (Å²) in [5, 5.41) is 3.49. The highest BCUT2D eigenvalue weighted by Crippen LogP contribution is 2.26. The molecule has 0 aromatic carbocycles. The van der Waals surface area contributed by atoms with Gasteiger partial charge >= 0.3 is 0 Å². The Labute approximate surface area is 78.7 Å². The molecule has 0 amide bonds. The molecule has 0 aromatic rings. The number of rotatable bonds is 4. The molecule has 0 spiro atoms. The normalized spacial score (nSPS) is 30.5. The molecular formula is C9H17ClFN. The van der Waals surface area contributed by atoms with Crippen LogP contribution in [0.25, 0.3) is 0 Å². The summed E-state index contributed by atoms with van der Waals surface area (Å²) in [5.41, 5.74) is 0. The van der Waals surface area contributed by atoms with Crippen LogP contribution in [0, 0.1) is 5.92 Å². The van der Waals surface area contributed by atoms with Crippen molar-refractivity contribution in [2.75, 3.05) is 19.8 Å². The predicted molar refractivity (Wildman–Crippen MR) is 50.4 cm³/mol. The molecule has 0 saturated heterocycles. The summed E-state index contributed by atoms with van der Waals surface area (Å²) in [6.45, 7) is 1.21. The summed E-state index contributed by atoms with van der Waals surface area (Å²) < 4.78 is 11.7. The largest absolute Gasteiger partial charge is 0.314 e. The first-order valence-electron chi connectivity index (χ1n) is 4.73. The molecule has 0 aliphatic heterocycles. The van der Waals surface area contributed by atoms with Gasteiger partial charge in [0.15, 0.2) is 0 Å². The van der Waals surface area contributed by atoms with Gasteiger partial charge in [-0.25, -0.2) is 4.39 Å². The summed E-state index contributed by atoms with van der Waals surface area (Å²) in [4.78, 5) is 0. The highest BCUT2D eigenvalue weighted by atomic mass is 35.5. The van der Waals surface area contributed by atoms with Gasteiger partial charge in [0.2, 0.25) is 0 Å². The van der Waals surface area contributed by atoms with Crippen molar-refractivity contribution in [3.8, 4) is 0 Å². The van der Waals surface area contributed by atoms with Crippen molar-refractivity contribution in [1.29, 1.82) is 0 Å². The molecule has 1 aliphatic carbocycles. The molecule has 1 nitrogen and oxygen atoms in total. The van der Waals surface area contributed by atoms with E-state index in [1.165, 1.54) is 12.8 Å². The summed E-state index contributed by atoms with van der Waals surface area (Å²) in [6, 6.07) is 0. The SMILES string of the molecule is FCCNCC1CCC(Cl)CC1. The zero-order chi connectivity index (χ0) is 8.81. The lowest BCUT2D eigenvalue weighted by Crippen LogP contribution is -2.27. The maximum absolute atomic E-state index is 11.7. The van der Waals surface area contributed by atoms with Gasteiger partial charge in [0, 0.05) is 11.9 Å². The lowest BCUT2D eigenvalue weighted by atomic mass is 9.89. The third-order valence-corrected chi connectivity index (χ3v) is 2.92. The lowest BCUT2D eigenvalue weighted by Gasteiger charge is -2.24. The van der Waals surface area contributed by atoms with Crippen LogP contribution in [0.4, 0.5) is 4.39 Å². The van der Waals surface area contributed by atoms with E-state index in [9.17, 15) is 4.39 Å². The maximum atomic E-state index is 11.7. The van der Waals surface area contributed by atoms with Crippen molar-refractivity contribution in [3.05, 3.63) is 0 Å². The fourth-order valence-corrected chi connectivity index (χ4v) is 1.95. The van der Waals surface area contributed by atoms with Crippen molar-refractivity contribution in [2.45, 2.75) is 31.1 Å². The fourth-order valence-electron chi connectivity index (χ4n) is 1.70. The van der Waals surface area contributed by atoms with E-state index in [2.05, 4.69) is 5.32 Å². The van der Waals surface area contributed by atoms with Crippen LogP contribution in [0.3, 0.4) is 0 Å². The number of alkyl halides is 2. The van der Waals surface area contributed by atoms with E-state index in [-0.39, 0.29) is 6.67 Å². The van der Waals surface area contributed by atoms with Gasteiger partial charge in [0.05, 0.1) is 0 Å². The number of hydrogen-bond acceptors (Lipinski definition) is 1. The van der Waals surface area contributed by atoms with E-state index in [4.69, 9.17) is 11.6 Å². The Morgan fingerprint density at radius 3 is 2.50 bits per heavy atom. The summed E-state index contributed by atoms with van der Waals surface area (Å²) in [5.74, 6) is 0.728. The quantitative estimate of drug-likeness (QED) is 0.534. The minimum atomic E-state index is -0.259. The average molecular weight is 194 g/mol. The maximum Gasteiger partial charge on any atom is 0.102 e. The van der Waals surface area contributed by atoms with Crippen LogP contribution in [0.2, 0.25) is 0 Å². The molecule has 0 atom stereocenters. The van der Waals surface area contributed by atoms with Crippen LogP contribution in [0.15, 0.2) is 0 Å². The van der Waals surface area contributed by atoms with Crippen LogP contribution in [-0.4, -0.2) is 25.1 Å². The van der Waals surface area contributed by atoms with E-state index in [0.717, 1.165) is 25.3 Å². The van der Waals surface area contributed by atoms with Gasteiger partial charge in [-0.1, -0.05) is 0 Å². The number of hydrogen-bond donors (Lipinski definition) is 1. The van der Waals surface area contributed by atoms with Crippen molar-refractivity contribution >= 4 is 11.6 Å². The molecule has 0 unspecified atom stereocenters. The monoisotopic (exact) mass is 193 g/mol. The van der Waals surface area contributed by atoms with Crippen LogP contribution >= 0.6 is 11.6 Å². The second-order valence-corrected chi connectivity index (χ2v) is 4.13. The average Bonchev–Trinajstić information content (AvgIpc) is 2.09. The standard InChI is InChI=1S/C9H17ClFN/c10-9-3-1-8(2-4-9)7-12-6-5-11/h8-9,12H,1-7H2. The highest BCUT2D eigenvalue weighted by molar-refractivity contribution is 6.20. The molecule has 1 N–H and O–H groups in total. The zero-order valence-corrected chi connectivity index (χ0v) is 8.12. The molecule has 0 aromatic heterocycles. The topological polar surface area (TPSA) is 12.0 Å². The minimum Gasteiger partial charge on any atom is -0.314 e. The Morgan fingerprint density at radius 2 is 1.92 bits per heavy atom. The molecule has 0 bridgehead atoms. The highest BCUT2D eigenvalue weighted by Gasteiger charge is 2.18. The molecule has 1 rings (SSSR count). The second-order valence-electron chi connectivity index (χ2n) is 3.51. The van der Waals surface area contributed by atoms with Crippen molar-refractivity contribution in [2.24, 2.45) is 5.92 Å². The van der Waals surface area contributed by atoms with Gasteiger partial charge in [-0.3, -0.25) is 0 Å². The molecule has 0 radical (unpaired) electrons. The first-order valence-corrected chi connectivity index (χ1v) is 5.17. The molecule has 12 heavy (non-hydrogen) atoms. The van der Waals surface area contributed by atoms with Gasteiger partial charge in [0.1, 0.15) is 6.67 Å². The predicted octanol–water partition coefficient (Wildman–Crippen LogP) is 2.34. The van der Waals surface area contributed by atoms with E-state index in [0.29, 0.717) is 11.9 Å². The Balaban J connectivity index is 2.01. The molecule has 1 aliphatic rings. The van der Waals surface area contributed by atoms with E-state index >= 15 is 0 Å². The van der Waals surface area contributed by atoms with Crippen LogP contribution in [0.5, 0.6) is 0 Å². The lowest BCUT2D eigenvalue weighted by molar-refractivity contribution is 0.339. The first-order chi connectivity index (χ1) is 5.83. The van der Waals surface area contributed by atoms with Crippen molar-refractivity contribution in [3.63, 3.8) is 0 Å². The smallest absolute Gasteiger partial charge is 0.102 e. The fraction of sp³-hybridized carbons (Fsp3) is 1.00. The van der Waals surface area contributed by atoms with E-state index < -0.39 is 0 Å². The Bertz CT molecular complexity index is 113.